The summed E-state index contributed by atoms with van der Waals surface area (Å²) in [6.07, 6.45) is 0. The minimum atomic E-state index is 0.791. The Morgan fingerprint density at radius 3 is 2.76 bits per heavy atom. The lowest BCUT2D eigenvalue weighted by atomic mass is 10.2. The van der Waals surface area contributed by atoms with Gasteiger partial charge in [-0.3, -0.25) is 0 Å². The molecule has 1 nitrogen and oxygen atoms in total. The molecule has 0 aliphatic heterocycles. The van der Waals surface area contributed by atoms with Crippen LogP contribution in [0.5, 0.6) is 0 Å². The fourth-order valence-electron chi connectivity index (χ4n) is 1.58. The second kappa shape index (κ2) is 6.01. The molecule has 2 rings (SSSR count). The van der Waals surface area contributed by atoms with Gasteiger partial charge in [0, 0.05) is 32.3 Å². The highest BCUT2D eigenvalue weighted by Gasteiger charge is 2.02. The summed E-state index contributed by atoms with van der Waals surface area (Å²) in [5.74, 6) is 0. The number of aryl methyl sites for hydroxylation is 1. The molecule has 0 radical (unpaired) electrons. The van der Waals surface area contributed by atoms with Gasteiger partial charge in [-0.2, -0.15) is 0 Å². The highest BCUT2D eigenvalue weighted by molar-refractivity contribution is 9.10. The van der Waals surface area contributed by atoms with E-state index in [0.29, 0.717) is 0 Å². The maximum Gasteiger partial charge on any atom is 0.0409 e. The summed E-state index contributed by atoms with van der Waals surface area (Å²) in [7, 11) is 0. The molecule has 1 heterocycles. The summed E-state index contributed by atoms with van der Waals surface area (Å²) >= 11 is 11.3. The van der Waals surface area contributed by atoms with Crippen molar-refractivity contribution in [2.24, 2.45) is 0 Å². The monoisotopic (exact) mass is 329 g/mol. The zero-order chi connectivity index (χ0) is 12.3. The van der Waals surface area contributed by atoms with Crippen LogP contribution in [0.15, 0.2) is 34.8 Å². The Morgan fingerprint density at radius 1 is 1.29 bits per heavy atom. The van der Waals surface area contributed by atoms with Gasteiger partial charge in [-0.25, -0.2) is 0 Å². The van der Waals surface area contributed by atoms with Gasteiger partial charge < -0.3 is 5.32 Å². The number of rotatable bonds is 4. The number of nitrogens with one attached hydrogen (secondary N) is 1. The first-order valence-electron chi connectivity index (χ1n) is 5.35. The van der Waals surface area contributed by atoms with Crippen LogP contribution < -0.4 is 5.32 Å². The predicted molar refractivity (Wildman–Crippen MR) is 78.8 cm³/mol. The second-order valence-electron chi connectivity index (χ2n) is 3.85. The number of thiophene rings is 1. The number of halogens is 2. The van der Waals surface area contributed by atoms with Crippen LogP contribution in [-0.2, 0) is 13.1 Å². The van der Waals surface area contributed by atoms with Crippen LogP contribution in [-0.4, -0.2) is 0 Å². The van der Waals surface area contributed by atoms with Crippen LogP contribution in [0, 0.1) is 6.92 Å². The largest absolute Gasteiger partial charge is 0.308 e. The third-order valence-corrected chi connectivity index (χ3v) is 4.80. The van der Waals surface area contributed by atoms with E-state index in [1.165, 1.54) is 19.8 Å². The van der Waals surface area contributed by atoms with Gasteiger partial charge in [-0.05, 0) is 46.6 Å². The van der Waals surface area contributed by atoms with E-state index in [4.69, 9.17) is 11.6 Å². The summed E-state index contributed by atoms with van der Waals surface area (Å²) in [6, 6.07) is 10.1. The van der Waals surface area contributed by atoms with Gasteiger partial charge in [0.05, 0.1) is 0 Å². The zero-order valence-electron chi connectivity index (χ0n) is 9.47. The van der Waals surface area contributed by atoms with Crippen molar-refractivity contribution in [1.82, 2.24) is 5.32 Å². The fraction of sp³-hybridized carbons (Fsp3) is 0.231. The lowest BCUT2D eigenvalue weighted by molar-refractivity contribution is 0.701. The normalized spacial score (nSPS) is 10.8. The van der Waals surface area contributed by atoms with Crippen molar-refractivity contribution in [3.05, 3.63) is 55.1 Å². The van der Waals surface area contributed by atoms with Gasteiger partial charge in [0.2, 0.25) is 0 Å². The smallest absolute Gasteiger partial charge is 0.0409 e. The van der Waals surface area contributed by atoms with Crippen LogP contribution >= 0.6 is 38.9 Å². The Bertz CT molecular complexity index is 490. The average molecular weight is 331 g/mol. The van der Waals surface area contributed by atoms with Crippen molar-refractivity contribution >= 4 is 38.9 Å². The zero-order valence-corrected chi connectivity index (χ0v) is 12.6. The van der Waals surface area contributed by atoms with E-state index in [2.05, 4.69) is 40.3 Å². The molecule has 0 amide bonds. The summed E-state index contributed by atoms with van der Waals surface area (Å²) in [5, 5.41) is 4.21. The molecule has 0 fully saturated rings. The van der Waals surface area contributed by atoms with Gasteiger partial charge in [0.25, 0.3) is 0 Å². The molecule has 0 atom stereocenters. The van der Waals surface area contributed by atoms with Crippen LogP contribution in [0.25, 0.3) is 0 Å². The van der Waals surface area contributed by atoms with E-state index in [1.54, 1.807) is 0 Å². The van der Waals surface area contributed by atoms with Crippen LogP contribution in [0.1, 0.15) is 15.3 Å². The highest BCUT2D eigenvalue weighted by Crippen LogP contribution is 2.26. The van der Waals surface area contributed by atoms with E-state index in [1.807, 2.05) is 29.5 Å². The molecule has 1 aromatic heterocycles. The maximum atomic E-state index is 5.93. The van der Waals surface area contributed by atoms with Crippen molar-refractivity contribution in [3.63, 3.8) is 0 Å². The van der Waals surface area contributed by atoms with Gasteiger partial charge >= 0.3 is 0 Å². The van der Waals surface area contributed by atoms with Crippen LogP contribution in [0.3, 0.4) is 0 Å². The van der Waals surface area contributed by atoms with E-state index < -0.39 is 0 Å². The van der Waals surface area contributed by atoms with E-state index in [0.717, 1.165) is 18.1 Å². The SMILES string of the molecule is Cc1sc(CNCc2cccc(Cl)c2)cc1Br. The lowest BCUT2D eigenvalue weighted by Crippen LogP contribution is -2.11. The fourth-order valence-corrected chi connectivity index (χ4v) is 3.37. The minimum Gasteiger partial charge on any atom is -0.308 e. The molecule has 0 saturated heterocycles. The Morgan fingerprint density at radius 2 is 2.12 bits per heavy atom. The molecule has 4 heteroatoms. The Hall–Kier alpha value is -0.350. The Labute approximate surface area is 119 Å². The standard InChI is InChI=1S/C13H13BrClNS/c1-9-13(14)6-12(17-9)8-16-7-10-3-2-4-11(15)5-10/h2-6,16H,7-8H2,1H3. The Kier molecular flexibility index (Phi) is 4.62. The topological polar surface area (TPSA) is 12.0 Å². The first-order valence-corrected chi connectivity index (χ1v) is 7.34. The minimum absolute atomic E-state index is 0.791. The molecular formula is C13H13BrClNS. The molecule has 90 valence electrons. The molecule has 1 N–H and O–H groups in total. The molecule has 0 aliphatic rings. The van der Waals surface area contributed by atoms with Crippen molar-refractivity contribution in [2.45, 2.75) is 20.0 Å². The summed E-state index contributed by atoms with van der Waals surface area (Å²) < 4.78 is 1.20. The van der Waals surface area contributed by atoms with Crippen LogP contribution in [0.2, 0.25) is 5.02 Å². The molecule has 17 heavy (non-hydrogen) atoms. The third-order valence-electron chi connectivity index (χ3n) is 2.43. The molecular weight excluding hydrogens is 318 g/mol. The summed E-state index contributed by atoms with van der Waals surface area (Å²) in [5.41, 5.74) is 1.21. The Balaban J connectivity index is 1.87. The van der Waals surface area contributed by atoms with Crippen molar-refractivity contribution in [1.29, 1.82) is 0 Å². The molecule has 0 saturated carbocycles. The number of hydrogen-bond donors (Lipinski definition) is 1. The molecule has 1 aromatic carbocycles. The van der Waals surface area contributed by atoms with Crippen molar-refractivity contribution < 1.29 is 0 Å². The molecule has 0 aliphatic carbocycles. The first kappa shape index (κ1) is 13.1. The maximum absolute atomic E-state index is 5.93. The summed E-state index contributed by atoms with van der Waals surface area (Å²) in [6.45, 7) is 3.86. The molecule has 0 unspecified atom stereocenters. The second-order valence-corrected chi connectivity index (χ2v) is 6.48. The van der Waals surface area contributed by atoms with E-state index in [9.17, 15) is 0 Å². The quantitative estimate of drug-likeness (QED) is 0.852. The van der Waals surface area contributed by atoms with Gasteiger partial charge in [-0.1, -0.05) is 23.7 Å². The van der Waals surface area contributed by atoms with Gasteiger partial charge in [0.15, 0.2) is 0 Å². The van der Waals surface area contributed by atoms with Gasteiger partial charge in [-0.15, -0.1) is 11.3 Å². The average Bonchev–Trinajstić information content (AvgIpc) is 2.58. The third kappa shape index (κ3) is 3.81. The number of hydrogen-bond acceptors (Lipinski definition) is 2. The highest BCUT2D eigenvalue weighted by atomic mass is 79.9. The van der Waals surface area contributed by atoms with Gasteiger partial charge in [0.1, 0.15) is 0 Å². The van der Waals surface area contributed by atoms with Crippen molar-refractivity contribution in [3.8, 4) is 0 Å². The lowest BCUT2D eigenvalue weighted by Gasteiger charge is -2.03. The first-order chi connectivity index (χ1) is 8.15. The number of benzene rings is 1. The van der Waals surface area contributed by atoms with E-state index >= 15 is 0 Å². The molecule has 2 aromatic rings. The predicted octanol–water partition coefficient (Wildman–Crippen LogP) is 4.76. The summed E-state index contributed by atoms with van der Waals surface area (Å²) in [4.78, 5) is 2.67. The van der Waals surface area contributed by atoms with Crippen LogP contribution in [0.4, 0.5) is 0 Å². The van der Waals surface area contributed by atoms with Crippen molar-refractivity contribution in [2.75, 3.05) is 0 Å². The molecule has 0 bridgehead atoms. The van der Waals surface area contributed by atoms with E-state index in [-0.39, 0.29) is 0 Å². The molecule has 0 spiro atoms.